The molecule has 0 fully saturated rings. The predicted molar refractivity (Wildman–Crippen MR) is 60.2 cm³/mol. The molecule has 2 heterocycles. The highest BCUT2D eigenvalue weighted by Gasteiger charge is 2.13. The molecule has 2 rings (SSSR count). The third-order valence-electron chi connectivity index (χ3n) is 2.28. The lowest BCUT2D eigenvalue weighted by atomic mass is 10.1. The highest BCUT2D eigenvalue weighted by molar-refractivity contribution is 5.24. The standard InChI is InChI=1S/C11H13N5/c1-8-14-6-4-10(15-8)11(16-12)9-3-2-5-13-7-9/h2-7,11,16H,12H2,1H3. The number of nitrogens with one attached hydrogen (secondary N) is 1. The fourth-order valence-corrected chi connectivity index (χ4v) is 1.53. The molecule has 0 saturated carbocycles. The summed E-state index contributed by atoms with van der Waals surface area (Å²) in [6.07, 6.45) is 5.21. The molecule has 16 heavy (non-hydrogen) atoms. The van der Waals surface area contributed by atoms with E-state index in [1.807, 2.05) is 25.1 Å². The SMILES string of the molecule is Cc1nccc(C(NN)c2cccnc2)n1. The maximum atomic E-state index is 5.55. The van der Waals surface area contributed by atoms with E-state index in [0.29, 0.717) is 0 Å². The van der Waals surface area contributed by atoms with Crippen LogP contribution < -0.4 is 11.3 Å². The van der Waals surface area contributed by atoms with E-state index in [4.69, 9.17) is 5.84 Å². The Balaban J connectivity index is 2.37. The molecular weight excluding hydrogens is 202 g/mol. The van der Waals surface area contributed by atoms with Crippen molar-refractivity contribution in [3.63, 3.8) is 0 Å². The van der Waals surface area contributed by atoms with E-state index in [2.05, 4.69) is 20.4 Å². The van der Waals surface area contributed by atoms with Gasteiger partial charge in [-0.05, 0) is 24.6 Å². The molecule has 0 bridgehead atoms. The third-order valence-corrected chi connectivity index (χ3v) is 2.28. The third kappa shape index (κ3) is 2.21. The van der Waals surface area contributed by atoms with Gasteiger partial charge in [-0.15, -0.1) is 0 Å². The first kappa shape index (κ1) is 10.7. The van der Waals surface area contributed by atoms with Gasteiger partial charge in [-0.1, -0.05) is 6.07 Å². The zero-order chi connectivity index (χ0) is 11.4. The molecule has 2 aromatic heterocycles. The van der Waals surface area contributed by atoms with Crippen LogP contribution in [-0.4, -0.2) is 15.0 Å². The molecule has 0 aliphatic rings. The summed E-state index contributed by atoms with van der Waals surface area (Å²) in [5, 5.41) is 0. The summed E-state index contributed by atoms with van der Waals surface area (Å²) < 4.78 is 0. The number of nitrogens with zero attached hydrogens (tertiary/aromatic N) is 3. The fourth-order valence-electron chi connectivity index (χ4n) is 1.53. The average molecular weight is 215 g/mol. The summed E-state index contributed by atoms with van der Waals surface area (Å²) in [5.74, 6) is 6.27. The van der Waals surface area contributed by atoms with Gasteiger partial charge in [0.05, 0.1) is 11.7 Å². The zero-order valence-electron chi connectivity index (χ0n) is 8.96. The minimum atomic E-state index is -0.157. The van der Waals surface area contributed by atoms with Crippen LogP contribution in [0.15, 0.2) is 36.8 Å². The van der Waals surface area contributed by atoms with E-state index in [-0.39, 0.29) is 6.04 Å². The second-order valence-corrected chi connectivity index (χ2v) is 3.41. The van der Waals surface area contributed by atoms with Crippen molar-refractivity contribution in [1.82, 2.24) is 20.4 Å². The Kier molecular flexibility index (Phi) is 3.19. The topological polar surface area (TPSA) is 76.7 Å². The first-order chi connectivity index (χ1) is 7.81. The number of aryl methyl sites for hydroxylation is 1. The number of aromatic nitrogens is 3. The number of pyridine rings is 1. The van der Waals surface area contributed by atoms with E-state index in [0.717, 1.165) is 17.1 Å². The summed E-state index contributed by atoms with van der Waals surface area (Å²) in [5.41, 5.74) is 4.54. The summed E-state index contributed by atoms with van der Waals surface area (Å²) >= 11 is 0. The van der Waals surface area contributed by atoms with E-state index in [1.54, 1.807) is 18.6 Å². The summed E-state index contributed by atoms with van der Waals surface area (Å²) in [7, 11) is 0. The smallest absolute Gasteiger partial charge is 0.125 e. The maximum absolute atomic E-state index is 5.55. The lowest BCUT2D eigenvalue weighted by Crippen LogP contribution is -2.29. The Morgan fingerprint density at radius 2 is 2.19 bits per heavy atom. The lowest BCUT2D eigenvalue weighted by molar-refractivity contribution is 0.614. The molecule has 0 radical (unpaired) electrons. The molecule has 1 unspecified atom stereocenters. The van der Waals surface area contributed by atoms with E-state index >= 15 is 0 Å². The Morgan fingerprint density at radius 1 is 1.31 bits per heavy atom. The molecular formula is C11H13N5. The van der Waals surface area contributed by atoms with Crippen LogP contribution in [0.25, 0.3) is 0 Å². The van der Waals surface area contributed by atoms with Crippen LogP contribution in [0.5, 0.6) is 0 Å². The zero-order valence-corrected chi connectivity index (χ0v) is 8.96. The number of hydrogen-bond acceptors (Lipinski definition) is 5. The molecule has 5 nitrogen and oxygen atoms in total. The van der Waals surface area contributed by atoms with Gasteiger partial charge < -0.3 is 0 Å². The summed E-state index contributed by atoms with van der Waals surface area (Å²) in [6, 6.07) is 5.50. The van der Waals surface area contributed by atoms with Crippen LogP contribution in [0, 0.1) is 6.92 Å². The Morgan fingerprint density at radius 3 is 2.81 bits per heavy atom. The van der Waals surface area contributed by atoms with Gasteiger partial charge in [-0.25, -0.2) is 15.4 Å². The van der Waals surface area contributed by atoms with Gasteiger partial charge in [0.2, 0.25) is 0 Å². The second kappa shape index (κ2) is 4.78. The average Bonchev–Trinajstić information content (AvgIpc) is 2.31. The van der Waals surface area contributed by atoms with Crippen molar-refractivity contribution < 1.29 is 0 Å². The number of hydrazine groups is 1. The highest BCUT2D eigenvalue weighted by atomic mass is 15.2. The Bertz CT molecular complexity index is 457. The Hall–Kier alpha value is -1.85. The number of nitrogens with two attached hydrogens (primary N) is 1. The van der Waals surface area contributed by atoms with Crippen molar-refractivity contribution in [3.05, 3.63) is 53.9 Å². The van der Waals surface area contributed by atoms with Gasteiger partial charge in [0.25, 0.3) is 0 Å². The van der Waals surface area contributed by atoms with E-state index in [1.165, 1.54) is 0 Å². The van der Waals surface area contributed by atoms with E-state index < -0.39 is 0 Å². The van der Waals surface area contributed by atoms with Gasteiger partial charge in [-0.2, -0.15) is 0 Å². The van der Waals surface area contributed by atoms with Crippen molar-refractivity contribution in [2.24, 2.45) is 5.84 Å². The molecule has 0 aliphatic carbocycles. The van der Waals surface area contributed by atoms with Crippen molar-refractivity contribution in [2.75, 3.05) is 0 Å². The van der Waals surface area contributed by atoms with Crippen LogP contribution in [0.1, 0.15) is 23.1 Å². The summed E-state index contributed by atoms with van der Waals surface area (Å²) in [6.45, 7) is 1.85. The molecule has 82 valence electrons. The molecule has 3 N–H and O–H groups in total. The fraction of sp³-hybridized carbons (Fsp3) is 0.182. The molecule has 0 amide bonds. The van der Waals surface area contributed by atoms with Crippen LogP contribution in [0.2, 0.25) is 0 Å². The first-order valence-corrected chi connectivity index (χ1v) is 4.97. The van der Waals surface area contributed by atoms with E-state index in [9.17, 15) is 0 Å². The molecule has 1 atom stereocenters. The second-order valence-electron chi connectivity index (χ2n) is 3.41. The van der Waals surface area contributed by atoms with Gasteiger partial charge in [0.15, 0.2) is 0 Å². The molecule has 0 aromatic carbocycles. The van der Waals surface area contributed by atoms with Crippen LogP contribution in [0.4, 0.5) is 0 Å². The predicted octanol–water partition coefficient (Wildman–Crippen LogP) is 0.733. The Labute approximate surface area is 93.7 Å². The van der Waals surface area contributed by atoms with Gasteiger partial charge in [0, 0.05) is 18.6 Å². The molecule has 2 aromatic rings. The van der Waals surface area contributed by atoms with Crippen LogP contribution in [-0.2, 0) is 0 Å². The van der Waals surface area contributed by atoms with Gasteiger partial charge in [0.1, 0.15) is 5.82 Å². The lowest BCUT2D eigenvalue weighted by Gasteiger charge is -2.15. The van der Waals surface area contributed by atoms with Gasteiger partial charge >= 0.3 is 0 Å². The molecule has 0 saturated heterocycles. The minimum absolute atomic E-state index is 0.157. The normalized spacial score (nSPS) is 12.4. The van der Waals surface area contributed by atoms with Gasteiger partial charge in [-0.3, -0.25) is 10.8 Å². The van der Waals surface area contributed by atoms with Crippen LogP contribution in [0.3, 0.4) is 0 Å². The van der Waals surface area contributed by atoms with Crippen molar-refractivity contribution in [1.29, 1.82) is 0 Å². The van der Waals surface area contributed by atoms with Crippen molar-refractivity contribution in [3.8, 4) is 0 Å². The maximum Gasteiger partial charge on any atom is 0.125 e. The van der Waals surface area contributed by atoms with Crippen LogP contribution >= 0.6 is 0 Å². The minimum Gasteiger partial charge on any atom is -0.271 e. The number of rotatable bonds is 3. The van der Waals surface area contributed by atoms with Crippen molar-refractivity contribution >= 4 is 0 Å². The number of hydrogen-bond donors (Lipinski definition) is 2. The highest BCUT2D eigenvalue weighted by Crippen LogP contribution is 2.17. The first-order valence-electron chi connectivity index (χ1n) is 4.97. The summed E-state index contributed by atoms with van der Waals surface area (Å²) in [4.78, 5) is 12.5. The quantitative estimate of drug-likeness (QED) is 0.583. The largest absolute Gasteiger partial charge is 0.271 e. The monoisotopic (exact) mass is 215 g/mol. The molecule has 5 heteroatoms. The van der Waals surface area contributed by atoms with Crippen molar-refractivity contribution in [2.45, 2.75) is 13.0 Å². The molecule has 0 aliphatic heterocycles. The molecule has 0 spiro atoms.